The van der Waals surface area contributed by atoms with Gasteiger partial charge in [-0.25, -0.2) is 0 Å². The van der Waals surface area contributed by atoms with Crippen molar-refractivity contribution in [2.75, 3.05) is 0 Å². The standard InChI is InChI=1S/C16H24O2/c1-12-7-6-10-15(17)13(2)16(12)18-11-14-8-4-3-5-9-14/h3-5,8-9,12-13,15-17H,6-7,10-11H2,1-2H3/t12-,13+,15-,16-/m0/s1. The monoisotopic (exact) mass is 248 g/mol. The van der Waals surface area contributed by atoms with Crippen LogP contribution in [-0.4, -0.2) is 17.3 Å². The summed E-state index contributed by atoms with van der Waals surface area (Å²) in [6, 6.07) is 10.3. The fraction of sp³-hybridized carbons (Fsp3) is 0.625. The molecule has 0 amide bonds. The first-order valence-corrected chi connectivity index (χ1v) is 7.02. The first kappa shape index (κ1) is 13.6. The second-order valence-electron chi connectivity index (χ2n) is 5.60. The fourth-order valence-corrected chi connectivity index (χ4v) is 2.90. The molecule has 0 aliphatic heterocycles. The number of hydrogen-bond donors (Lipinski definition) is 1. The Kier molecular flexibility index (Phi) is 4.79. The Hall–Kier alpha value is -0.860. The Balaban J connectivity index is 1.97. The molecule has 100 valence electrons. The van der Waals surface area contributed by atoms with E-state index < -0.39 is 0 Å². The van der Waals surface area contributed by atoms with Crippen LogP contribution in [0.15, 0.2) is 30.3 Å². The van der Waals surface area contributed by atoms with Crippen LogP contribution in [0.1, 0.15) is 38.7 Å². The highest BCUT2D eigenvalue weighted by atomic mass is 16.5. The van der Waals surface area contributed by atoms with Gasteiger partial charge in [0.1, 0.15) is 0 Å². The second-order valence-corrected chi connectivity index (χ2v) is 5.60. The third kappa shape index (κ3) is 3.33. The van der Waals surface area contributed by atoms with Crippen LogP contribution < -0.4 is 0 Å². The van der Waals surface area contributed by atoms with Crippen LogP contribution in [0.5, 0.6) is 0 Å². The van der Waals surface area contributed by atoms with Gasteiger partial charge in [0, 0.05) is 5.92 Å². The van der Waals surface area contributed by atoms with Crippen LogP contribution in [0.25, 0.3) is 0 Å². The van der Waals surface area contributed by atoms with Gasteiger partial charge in [-0.1, -0.05) is 50.6 Å². The summed E-state index contributed by atoms with van der Waals surface area (Å²) in [6.45, 7) is 5.00. The van der Waals surface area contributed by atoms with Crippen LogP contribution in [0.2, 0.25) is 0 Å². The number of ether oxygens (including phenoxy) is 1. The largest absolute Gasteiger partial charge is 0.393 e. The fourth-order valence-electron chi connectivity index (χ4n) is 2.90. The van der Waals surface area contributed by atoms with Crippen molar-refractivity contribution >= 4 is 0 Å². The van der Waals surface area contributed by atoms with Crippen molar-refractivity contribution in [2.45, 2.75) is 51.9 Å². The molecule has 0 aromatic heterocycles. The van der Waals surface area contributed by atoms with Crippen molar-refractivity contribution < 1.29 is 9.84 Å². The molecule has 0 unspecified atom stereocenters. The molecule has 2 heteroatoms. The SMILES string of the molecule is C[C@H]1[C@@H](OCc2ccccc2)[C@@H](C)CCC[C@@H]1O. The number of benzene rings is 1. The predicted molar refractivity (Wildman–Crippen MR) is 73.2 cm³/mol. The minimum atomic E-state index is -0.212. The molecule has 1 aliphatic carbocycles. The van der Waals surface area contributed by atoms with Gasteiger partial charge in [-0.2, -0.15) is 0 Å². The Bertz CT molecular complexity index is 349. The maximum atomic E-state index is 10.1. The van der Waals surface area contributed by atoms with E-state index in [1.54, 1.807) is 0 Å². The summed E-state index contributed by atoms with van der Waals surface area (Å²) in [5.41, 5.74) is 1.20. The van der Waals surface area contributed by atoms with E-state index in [-0.39, 0.29) is 18.1 Å². The van der Waals surface area contributed by atoms with E-state index in [1.165, 1.54) is 5.56 Å². The van der Waals surface area contributed by atoms with Gasteiger partial charge in [-0.3, -0.25) is 0 Å². The predicted octanol–water partition coefficient (Wildman–Crippen LogP) is 3.39. The molecule has 0 radical (unpaired) electrons. The lowest BCUT2D eigenvalue weighted by molar-refractivity contribution is -0.0569. The Labute approximate surface area is 110 Å². The molecule has 1 aliphatic rings. The van der Waals surface area contributed by atoms with Gasteiger partial charge in [0.15, 0.2) is 0 Å². The summed E-state index contributed by atoms with van der Waals surface area (Å²) in [6.07, 6.45) is 3.13. The molecule has 1 fully saturated rings. The van der Waals surface area contributed by atoms with Crippen LogP contribution in [0.4, 0.5) is 0 Å². The normalized spacial score (nSPS) is 33.1. The van der Waals surface area contributed by atoms with Gasteiger partial charge in [-0.05, 0) is 24.3 Å². The minimum absolute atomic E-state index is 0.169. The first-order chi connectivity index (χ1) is 8.68. The van der Waals surface area contributed by atoms with Crippen LogP contribution in [0.3, 0.4) is 0 Å². The van der Waals surface area contributed by atoms with Crippen LogP contribution in [-0.2, 0) is 11.3 Å². The number of hydrogen-bond acceptors (Lipinski definition) is 2. The summed E-state index contributed by atoms with van der Waals surface area (Å²) in [5.74, 6) is 0.757. The molecule has 2 rings (SSSR count). The summed E-state index contributed by atoms with van der Waals surface area (Å²) >= 11 is 0. The third-order valence-corrected chi connectivity index (χ3v) is 4.13. The average molecular weight is 248 g/mol. The Morgan fingerprint density at radius 1 is 1.17 bits per heavy atom. The first-order valence-electron chi connectivity index (χ1n) is 7.02. The number of aliphatic hydroxyl groups is 1. The van der Waals surface area contributed by atoms with Crippen LogP contribution >= 0.6 is 0 Å². The lowest BCUT2D eigenvalue weighted by atomic mass is 9.90. The van der Waals surface area contributed by atoms with E-state index in [2.05, 4.69) is 26.0 Å². The molecular formula is C16H24O2. The summed E-state index contributed by atoms with van der Waals surface area (Å²) in [7, 11) is 0. The van der Waals surface area contributed by atoms with E-state index in [0.717, 1.165) is 19.3 Å². The maximum absolute atomic E-state index is 10.1. The smallest absolute Gasteiger partial charge is 0.0720 e. The highest BCUT2D eigenvalue weighted by Gasteiger charge is 2.32. The number of aliphatic hydroxyl groups excluding tert-OH is 1. The zero-order valence-electron chi connectivity index (χ0n) is 11.4. The maximum Gasteiger partial charge on any atom is 0.0720 e. The molecule has 2 nitrogen and oxygen atoms in total. The summed E-state index contributed by atoms with van der Waals surface area (Å²) < 4.78 is 6.08. The molecule has 4 atom stereocenters. The van der Waals surface area contributed by atoms with E-state index in [4.69, 9.17) is 4.74 Å². The van der Waals surface area contributed by atoms with Gasteiger partial charge >= 0.3 is 0 Å². The Morgan fingerprint density at radius 3 is 2.61 bits per heavy atom. The lowest BCUT2D eigenvalue weighted by Gasteiger charge is -2.29. The van der Waals surface area contributed by atoms with Crippen molar-refractivity contribution in [3.63, 3.8) is 0 Å². The van der Waals surface area contributed by atoms with Crippen molar-refractivity contribution in [2.24, 2.45) is 11.8 Å². The molecule has 1 aromatic rings. The molecule has 18 heavy (non-hydrogen) atoms. The van der Waals surface area contributed by atoms with Gasteiger partial charge < -0.3 is 9.84 Å². The highest BCUT2D eigenvalue weighted by molar-refractivity contribution is 5.13. The van der Waals surface area contributed by atoms with Crippen molar-refractivity contribution in [1.82, 2.24) is 0 Å². The minimum Gasteiger partial charge on any atom is -0.393 e. The lowest BCUT2D eigenvalue weighted by Crippen LogP contribution is -2.34. The quantitative estimate of drug-likeness (QED) is 0.831. The Morgan fingerprint density at radius 2 is 1.89 bits per heavy atom. The molecule has 1 saturated carbocycles. The summed E-state index contributed by atoms with van der Waals surface area (Å²) in [4.78, 5) is 0. The van der Waals surface area contributed by atoms with Gasteiger partial charge in [0.05, 0.1) is 18.8 Å². The van der Waals surface area contributed by atoms with Crippen LogP contribution in [0, 0.1) is 11.8 Å². The van der Waals surface area contributed by atoms with Gasteiger partial charge in [-0.15, -0.1) is 0 Å². The van der Waals surface area contributed by atoms with Crippen molar-refractivity contribution in [1.29, 1.82) is 0 Å². The molecule has 0 saturated heterocycles. The van der Waals surface area contributed by atoms with Crippen molar-refractivity contribution in [3.8, 4) is 0 Å². The van der Waals surface area contributed by atoms with E-state index in [9.17, 15) is 5.11 Å². The van der Waals surface area contributed by atoms with Crippen molar-refractivity contribution in [3.05, 3.63) is 35.9 Å². The van der Waals surface area contributed by atoms with E-state index >= 15 is 0 Å². The van der Waals surface area contributed by atoms with E-state index in [1.807, 2.05) is 18.2 Å². The molecule has 1 N–H and O–H groups in total. The zero-order chi connectivity index (χ0) is 13.0. The van der Waals surface area contributed by atoms with Gasteiger partial charge in [0.2, 0.25) is 0 Å². The topological polar surface area (TPSA) is 29.5 Å². The molecule has 1 aromatic carbocycles. The molecule has 0 spiro atoms. The number of rotatable bonds is 3. The molecule has 0 heterocycles. The summed E-state index contributed by atoms with van der Waals surface area (Å²) in [5, 5.41) is 10.1. The van der Waals surface area contributed by atoms with Gasteiger partial charge in [0.25, 0.3) is 0 Å². The van der Waals surface area contributed by atoms with E-state index in [0.29, 0.717) is 12.5 Å². The second kappa shape index (κ2) is 6.35. The molecule has 0 bridgehead atoms. The average Bonchev–Trinajstić information content (AvgIpc) is 2.50. The highest BCUT2D eigenvalue weighted by Crippen LogP contribution is 2.30. The molecular weight excluding hydrogens is 224 g/mol. The third-order valence-electron chi connectivity index (χ3n) is 4.13. The zero-order valence-corrected chi connectivity index (χ0v) is 11.4.